The second-order valence-electron chi connectivity index (χ2n) is 4.55. The number of hydrogen-bond donors (Lipinski definition) is 3. The molecule has 3 amide bonds. The number of aryl methyl sites for hydroxylation is 1. The number of anilines is 2. The molecule has 0 spiro atoms. The summed E-state index contributed by atoms with van der Waals surface area (Å²) in [6, 6.07) is 10.1. The molecule has 0 aliphatic heterocycles. The molecule has 1 aromatic carbocycles. The lowest BCUT2D eigenvalue weighted by Crippen LogP contribution is -2.24. The Labute approximate surface area is 128 Å². The van der Waals surface area contributed by atoms with Gasteiger partial charge in [0.25, 0.3) is 0 Å². The molecule has 2 aromatic rings. The lowest BCUT2D eigenvalue weighted by molar-refractivity contribution is -0.111. The highest BCUT2D eigenvalue weighted by Crippen LogP contribution is 2.14. The first kappa shape index (κ1) is 15.4. The highest BCUT2D eigenvalue weighted by Gasteiger charge is 2.01. The quantitative estimate of drug-likeness (QED) is 0.759. The Balaban J connectivity index is 1.91. The molecular formula is C16H17N3O3. The average molecular weight is 299 g/mol. The summed E-state index contributed by atoms with van der Waals surface area (Å²) in [6.07, 6.45) is 3.00. The lowest BCUT2D eigenvalue weighted by Gasteiger charge is -2.06. The van der Waals surface area contributed by atoms with Crippen molar-refractivity contribution in [2.45, 2.75) is 6.92 Å². The third-order valence-electron chi connectivity index (χ3n) is 2.80. The summed E-state index contributed by atoms with van der Waals surface area (Å²) >= 11 is 0. The van der Waals surface area contributed by atoms with Crippen LogP contribution in [0.15, 0.2) is 46.9 Å². The molecule has 3 N–H and O–H groups in total. The molecule has 0 saturated carbocycles. The molecule has 2 rings (SSSR count). The molecular weight excluding hydrogens is 282 g/mol. The van der Waals surface area contributed by atoms with Crippen LogP contribution in [0.4, 0.5) is 16.2 Å². The first-order valence-corrected chi connectivity index (χ1v) is 6.71. The summed E-state index contributed by atoms with van der Waals surface area (Å²) in [5.41, 5.74) is 1.27. The van der Waals surface area contributed by atoms with Gasteiger partial charge < -0.3 is 20.4 Å². The van der Waals surface area contributed by atoms with E-state index in [1.165, 1.54) is 13.1 Å². The fourth-order valence-electron chi connectivity index (χ4n) is 1.72. The van der Waals surface area contributed by atoms with Crippen molar-refractivity contribution >= 4 is 29.4 Å². The second kappa shape index (κ2) is 7.12. The zero-order valence-corrected chi connectivity index (χ0v) is 12.3. The minimum absolute atomic E-state index is 0.263. The van der Waals surface area contributed by atoms with Crippen molar-refractivity contribution in [2.24, 2.45) is 0 Å². The largest absolute Gasteiger partial charge is 0.462 e. The molecule has 0 aliphatic rings. The summed E-state index contributed by atoms with van der Waals surface area (Å²) in [5, 5.41) is 7.81. The molecule has 0 bridgehead atoms. The summed E-state index contributed by atoms with van der Waals surface area (Å²) < 4.78 is 5.33. The van der Waals surface area contributed by atoms with Crippen molar-refractivity contribution in [3.63, 3.8) is 0 Å². The lowest BCUT2D eigenvalue weighted by atomic mass is 10.2. The van der Waals surface area contributed by atoms with E-state index in [-0.39, 0.29) is 11.9 Å². The van der Waals surface area contributed by atoms with Gasteiger partial charge in [0.05, 0.1) is 0 Å². The molecule has 114 valence electrons. The van der Waals surface area contributed by atoms with Crippen LogP contribution in [0, 0.1) is 6.92 Å². The Bertz CT molecular complexity index is 687. The van der Waals surface area contributed by atoms with Gasteiger partial charge in [0.2, 0.25) is 5.91 Å². The Hall–Kier alpha value is -3.02. The number of carbonyl (C=O) groups is 2. The number of furan rings is 1. The molecule has 0 aliphatic carbocycles. The van der Waals surface area contributed by atoms with Crippen molar-refractivity contribution in [1.82, 2.24) is 5.32 Å². The van der Waals surface area contributed by atoms with Crippen LogP contribution >= 0.6 is 0 Å². The first-order valence-electron chi connectivity index (χ1n) is 6.71. The zero-order valence-electron chi connectivity index (χ0n) is 12.3. The molecule has 0 atom stereocenters. The predicted molar refractivity (Wildman–Crippen MR) is 85.6 cm³/mol. The number of rotatable bonds is 4. The van der Waals surface area contributed by atoms with Crippen molar-refractivity contribution in [3.05, 3.63) is 54.0 Å². The van der Waals surface area contributed by atoms with Crippen molar-refractivity contribution < 1.29 is 14.0 Å². The van der Waals surface area contributed by atoms with Crippen LogP contribution in [0.5, 0.6) is 0 Å². The van der Waals surface area contributed by atoms with Crippen LogP contribution in [0.2, 0.25) is 0 Å². The van der Waals surface area contributed by atoms with Crippen molar-refractivity contribution in [2.75, 3.05) is 17.7 Å². The summed E-state index contributed by atoms with van der Waals surface area (Å²) in [5.74, 6) is 1.15. The molecule has 0 radical (unpaired) electrons. The third-order valence-corrected chi connectivity index (χ3v) is 2.80. The van der Waals surface area contributed by atoms with Gasteiger partial charge in [-0.2, -0.15) is 0 Å². The van der Waals surface area contributed by atoms with E-state index in [0.717, 1.165) is 5.76 Å². The van der Waals surface area contributed by atoms with Crippen molar-refractivity contribution in [3.8, 4) is 0 Å². The number of nitrogens with one attached hydrogen (secondary N) is 3. The van der Waals surface area contributed by atoms with E-state index in [9.17, 15) is 9.59 Å². The van der Waals surface area contributed by atoms with Gasteiger partial charge in [-0.3, -0.25) is 4.79 Å². The standard InChI is InChI=1S/C16H17N3O3/c1-11-3-8-14(22-11)9-10-15(20)18-12-4-6-13(7-5-12)19-16(21)17-2/h3-10H,1-2H3,(H,18,20)(H2,17,19,21)/b10-9+. The first-order chi connectivity index (χ1) is 10.6. The number of hydrogen-bond acceptors (Lipinski definition) is 3. The maximum atomic E-state index is 11.8. The van der Waals surface area contributed by atoms with Gasteiger partial charge in [-0.25, -0.2) is 4.79 Å². The van der Waals surface area contributed by atoms with E-state index in [4.69, 9.17) is 4.42 Å². The fraction of sp³-hybridized carbons (Fsp3) is 0.125. The predicted octanol–water partition coefficient (Wildman–Crippen LogP) is 2.99. The highest BCUT2D eigenvalue weighted by atomic mass is 16.3. The van der Waals surface area contributed by atoms with Gasteiger partial charge in [0.1, 0.15) is 11.5 Å². The summed E-state index contributed by atoms with van der Waals surface area (Å²) in [4.78, 5) is 22.9. The van der Waals surface area contributed by atoms with Gasteiger partial charge in [-0.15, -0.1) is 0 Å². The molecule has 1 aromatic heterocycles. The highest BCUT2D eigenvalue weighted by molar-refractivity contribution is 6.01. The maximum absolute atomic E-state index is 11.8. The minimum atomic E-state index is -0.298. The second-order valence-corrected chi connectivity index (χ2v) is 4.55. The zero-order chi connectivity index (χ0) is 15.9. The Kier molecular flexibility index (Phi) is 4.98. The SMILES string of the molecule is CNC(=O)Nc1ccc(NC(=O)/C=C/c2ccc(C)o2)cc1. The number of urea groups is 1. The molecule has 0 unspecified atom stereocenters. The van der Waals surface area contributed by atoms with E-state index >= 15 is 0 Å². The van der Waals surface area contributed by atoms with Gasteiger partial charge in [0.15, 0.2) is 0 Å². The maximum Gasteiger partial charge on any atom is 0.318 e. The third kappa shape index (κ3) is 4.52. The van der Waals surface area contributed by atoms with Gasteiger partial charge >= 0.3 is 6.03 Å². The Morgan fingerprint density at radius 3 is 2.18 bits per heavy atom. The van der Waals surface area contributed by atoms with Crippen LogP contribution in [-0.2, 0) is 4.79 Å². The van der Waals surface area contributed by atoms with E-state index in [2.05, 4.69) is 16.0 Å². The minimum Gasteiger partial charge on any atom is -0.462 e. The monoisotopic (exact) mass is 299 g/mol. The fourth-order valence-corrected chi connectivity index (χ4v) is 1.72. The Morgan fingerprint density at radius 1 is 1.00 bits per heavy atom. The van der Waals surface area contributed by atoms with E-state index in [1.54, 1.807) is 36.4 Å². The van der Waals surface area contributed by atoms with E-state index in [1.807, 2.05) is 13.0 Å². The van der Waals surface area contributed by atoms with Crippen LogP contribution in [0.25, 0.3) is 6.08 Å². The number of carbonyl (C=O) groups excluding carboxylic acids is 2. The van der Waals surface area contributed by atoms with Gasteiger partial charge in [-0.1, -0.05) is 0 Å². The van der Waals surface area contributed by atoms with Crippen LogP contribution in [0.3, 0.4) is 0 Å². The summed E-state index contributed by atoms with van der Waals surface area (Å²) in [6.45, 7) is 1.84. The average Bonchev–Trinajstić information content (AvgIpc) is 2.92. The molecule has 22 heavy (non-hydrogen) atoms. The van der Waals surface area contributed by atoms with Crippen LogP contribution < -0.4 is 16.0 Å². The molecule has 0 saturated heterocycles. The molecule has 0 fully saturated rings. The summed E-state index contributed by atoms with van der Waals surface area (Å²) in [7, 11) is 1.54. The normalized spacial score (nSPS) is 10.5. The van der Waals surface area contributed by atoms with E-state index in [0.29, 0.717) is 17.1 Å². The van der Waals surface area contributed by atoms with Gasteiger partial charge in [0, 0.05) is 24.5 Å². The van der Waals surface area contributed by atoms with Crippen LogP contribution in [0.1, 0.15) is 11.5 Å². The number of benzene rings is 1. The Morgan fingerprint density at radius 2 is 1.64 bits per heavy atom. The number of amides is 3. The topological polar surface area (TPSA) is 83.4 Å². The van der Waals surface area contributed by atoms with Crippen molar-refractivity contribution in [1.29, 1.82) is 0 Å². The van der Waals surface area contributed by atoms with Crippen LogP contribution in [-0.4, -0.2) is 19.0 Å². The van der Waals surface area contributed by atoms with E-state index < -0.39 is 0 Å². The van der Waals surface area contributed by atoms with Gasteiger partial charge in [-0.05, 0) is 49.4 Å². The smallest absolute Gasteiger partial charge is 0.318 e. The molecule has 6 nitrogen and oxygen atoms in total. The molecule has 1 heterocycles. The molecule has 6 heteroatoms.